The molecule has 1 heterocycles. The smallest absolute Gasteiger partial charge is 0.233 e. The highest BCUT2D eigenvalue weighted by molar-refractivity contribution is 5.91. The highest BCUT2D eigenvalue weighted by Crippen LogP contribution is 2.46. The van der Waals surface area contributed by atoms with E-state index in [9.17, 15) is 4.79 Å². The Kier molecular flexibility index (Phi) is 1.91. The Morgan fingerprint density at radius 2 is 2.12 bits per heavy atom. The quantitative estimate of drug-likeness (QED) is 0.648. The maximum absolute atomic E-state index is 12.3. The highest BCUT2D eigenvalue weighted by atomic mass is 16.2. The molecule has 1 saturated heterocycles. The SMILES string of the molecule is Cc1cccc2c1CCC21CCN(C)C1=O. The van der Waals surface area contributed by atoms with Gasteiger partial charge in [-0.25, -0.2) is 0 Å². The number of likely N-dealkylation sites (N-methyl/N-ethyl adjacent to an activating group) is 1. The van der Waals surface area contributed by atoms with Gasteiger partial charge < -0.3 is 4.90 Å². The van der Waals surface area contributed by atoms with Crippen molar-refractivity contribution >= 4 is 5.91 Å². The zero-order valence-corrected chi connectivity index (χ0v) is 9.92. The van der Waals surface area contributed by atoms with Gasteiger partial charge in [-0.3, -0.25) is 4.79 Å². The molecule has 1 aliphatic carbocycles. The third-order valence-electron chi connectivity index (χ3n) is 4.36. The molecule has 1 aromatic rings. The monoisotopic (exact) mass is 215 g/mol. The zero-order valence-electron chi connectivity index (χ0n) is 9.92. The minimum atomic E-state index is -0.171. The van der Waals surface area contributed by atoms with Gasteiger partial charge in [0.05, 0.1) is 5.41 Å². The molecule has 0 bridgehead atoms. The largest absolute Gasteiger partial charge is 0.345 e. The Balaban J connectivity index is 2.16. The molecule has 0 aromatic heterocycles. The standard InChI is InChI=1S/C14H17NO/c1-10-4-3-5-12-11(10)6-7-14(12)8-9-15(2)13(14)16/h3-5H,6-9H2,1-2H3. The van der Waals surface area contributed by atoms with Crippen LogP contribution in [0.1, 0.15) is 29.5 Å². The van der Waals surface area contributed by atoms with Crippen LogP contribution in [-0.4, -0.2) is 24.4 Å². The third-order valence-corrected chi connectivity index (χ3v) is 4.36. The molecule has 2 heteroatoms. The molecular weight excluding hydrogens is 198 g/mol. The van der Waals surface area contributed by atoms with Gasteiger partial charge in [-0.05, 0) is 42.9 Å². The lowest BCUT2D eigenvalue weighted by Gasteiger charge is -2.22. The molecule has 3 rings (SSSR count). The van der Waals surface area contributed by atoms with E-state index in [1.165, 1.54) is 16.7 Å². The van der Waals surface area contributed by atoms with Crippen molar-refractivity contribution in [2.24, 2.45) is 0 Å². The van der Waals surface area contributed by atoms with Gasteiger partial charge >= 0.3 is 0 Å². The van der Waals surface area contributed by atoms with Crippen LogP contribution in [0, 0.1) is 6.92 Å². The molecule has 1 atom stereocenters. The minimum absolute atomic E-state index is 0.171. The Morgan fingerprint density at radius 3 is 2.81 bits per heavy atom. The Labute approximate surface area is 96.3 Å². The third kappa shape index (κ3) is 1.05. The summed E-state index contributed by atoms with van der Waals surface area (Å²) >= 11 is 0. The number of fused-ring (bicyclic) bond motifs is 2. The van der Waals surface area contributed by atoms with Crippen molar-refractivity contribution < 1.29 is 4.79 Å². The number of carbonyl (C=O) groups is 1. The summed E-state index contributed by atoms with van der Waals surface area (Å²) < 4.78 is 0. The second kappa shape index (κ2) is 3.09. The van der Waals surface area contributed by atoms with Crippen molar-refractivity contribution in [3.63, 3.8) is 0 Å². The van der Waals surface area contributed by atoms with Gasteiger partial charge in [0, 0.05) is 13.6 Å². The van der Waals surface area contributed by atoms with E-state index in [-0.39, 0.29) is 5.41 Å². The van der Waals surface area contributed by atoms with Crippen LogP contribution in [0.15, 0.2) is 18.2 Å². The molecule has 1 aromatic carbocycles. The lowest BCUT2D eigenvalue weighted by atomic mass is 9.80. The van der Waals surface area contributed by atoms with Crippen LogP contribution < -0.4 is 0 Å². The van der Waals surface area contributed by atoms with Gasteiger partial charge in [0.1, 0.15) is 0 Å². The average Bonchev–Trinajstić information content (AvgIpc) is 2.78. The molecule has 84 valence electrons. The molecule has 16 heavy (non-hydrogen) atoms. The van der Waals surface area contributed by atoms with Crippen LogP contribution in [0.3, 0.4) is 0 Å². The van der Waals surface area contributed by atoms with Crippen molar-refractivity contribution in [1.29, 1.82) is 0 Å². The number of aryl methyl sites for hydroxylation is 1. The molecule has 2 nitrogen and oxygen atoms in total. The van der Waals surface area contributed by atoms with E-state index in [1.807, 2.05) is 11.9 Å². The van der Waals surface area contributed by atoms with Gasteiger partial charge in [-0.2, -0.15) is 0 Å². The number of benzene rings is 1. The van der Waals surface area contributed by atoms with E-state index >= 15 is 0 Å². The van der Waals surface area contributed by atoms with E-state index in [2.05, 4.69) is 25.1 Å². The topological polar surface area (TPSA) is 20.3 Å². The molecule has 0 N–H and O–H groups in total. The first kappa shape index (κ1) is 9.88. The number of hydrogen-bond acceptors (Lipinski definition) is 1. The van der Waals surface area contributed by atoms with Crippen LogP contribution in [0.25, 0.3) is 0 Å². The average molecular weight is 215 g/mol. The second-order valence-electron chi connectivity index (χ2n) is 5.16. The van der Waals surface area contributed by atoms with Gasteiger partial charge in [0.2, 0.25) is 5.91 Å². The molecule has 1 unspecified atom stereocenters. The van der Waals surface area contributed by atoms with E-state index in [0.717, 1.165) is 25.8 Å². The molecule has 1 fully saturated rings. The fourth-order valence-electron chi connectivity index (χ4n) is 3.37. The second-order valence-corrected chi connectivity index (χ2v) is 5.16. The first-order valence-corrected chi connectivity index (χ1v) is 6.00. The first-order valence-electron chi connectivity index (χ1n) is 6.00. The lowest BCUT2D eigenvalue weighted by Crippen LogP contribution is -2.34. The number of likely N-dealkylation sites (tertiary alicyclic amines) is 1. The van der Waals surface area contributed by atoms with Gasteiger partial charge in [0.25, 0.3) is 0 Å². The van der Waals surface area contributed by atoms with Crippen LogP contribution in [0.4, 0.5) is 0 Å². The summed E-state index contributed by atoms with van der Waals surface area (Å²) in [4.78, 5) is 14.2. The fourth-order valence-corrected chi connectivity index (χ4v) is 3.37. The number of carbonyl (C=O) groups excluding carboxylic acids is 1. The van der Waals surface area contributed by atoms with Crippen LogP contribution in [0.2, 0.25) is 0 Å². The predicted octanol–water partition coefficient (Wildman–Crippen LogP) is 2.04. The summed E-state index contributed by atoms with van der Waals surface area (Å²) in [5.74, 6) is 0.330. The zero-order chi connectivity index (χ0) is 11.3. The molecule has 0 radical (unpaired) electrons. The Morgan fingerprint density at radius 1 is 1.31 bits per heavy atom. The summed E-state index contributed by atoms with van der Waals surface area (Å²) in [6.07, 6.45) is 3.08. The van der Waals surface area contributed by atoms with Gasteiger partial charge in [-0.1, -0.05) is 18.2 Å². The van der Waals surface area contributed by atoms with Crippen LogP contribution in [0.5, 0.6) is 0 Å². The highest BCUT2D eigenvalue weighted by Gasteiger charge is 2.50. The Bertz CT molecular complexity index is 466. The van der Waals surface area contributed by atoms with Crippen molar-refractivity contribution in [1.82, 2.24) is 4.90 Å². The fraction of sp³-hybridized carbons (Fsp3) is 0.500. The molecule has 1 aliphatic heterocycles. The van der Waals surface area contributed by atoms with Crippen molar-refractivity contribution in [2.45, 2.75) is 31.6 Å². The number of rotatable bonds is 0. The molecule has 2 aliphatic rings. The maximum Gasteiger partial charge on any atom is 0.233 e. The minimum Gasteiger partial charge on any atom is -0.345 e. The molecule has 1 amide bonds. The number of amides is 1. The van der Waals surface area contributed by atoms with Crippen LogP contribution in [-0.2, 0) is 16.6 Å². The van der Waals surface area contributed by atoms with Crippen LogP contribution >= 0.6 is 0 Å². The van der Waals surface area contributed by atoms with E-state index in [1.54, 1.807) is 0 Å². The first-order chi connectivity index (χ1) is 7.65. The lowest BCUT2D eigenvalue weighted by molar-refractivity contribution is -0.131. The van der Waals surface area contributed by atoms with Crippen molar-refractivity contribution in [3.8, 4) is 0 Å². The van der Waals surface area contributed by atoms with E-state index in [4.69, 9.17) is 0 Å². The Hall–Kier alpha value is -1.31. The molecular formula is C14H17NO. The predicted molar refractivity (Wildman–Crippen MR) is 63.4 cm³/mol. The summed E-state index contributed by atoms with van der Waals surface area (Å²) in [6.45, 7) is 3.06. The van der Waals surface area contributed by atoms with E-state index in [0.29, 0.717) is 5.91 Å². The normalized spacial score (nSPS) is 27.9. The van der Waals surface area contributed by atoms with Crippen molar-refractivity contribution in [3.05, 3.63) is 34.9 Å². The molecule has 1 spiro atoms. The number of nitrogens with zero attached hydrogens (tertiary/aromatic N) is 1. The van der Waals surface area contributed by atoms with Gasteiger partial charge in [-0.15, -0.1) is 0 Å². The maximum atomic E-state index is 12.3. The van der Waals surface area contributed by atoms with Gasteiger partial charge in [0.15, 0.2) is 0 Å². The van der Waals surface area contributed by atoms with E-state index < -0.39 is 0 Å². The summed E-state index contributed by atoms with van der Waals surface area (Å²) in [5.41, 5.74) is 3.90. The summed E-state index contributed by atoms with van der Waals surface area (Å²) in [5, 5.41) is 0. The number of hydrogen-bond donors (Lipinski definition) is 0. The summed E-state index contributed by atoms with van der Waals surface area (Å²) in [7, 11) is 1.92. The molecule has 0 saturated carbocycles. The van der Waals surface area contributed by atoms with Crippen molar-refractivity contribution in [2.75, 3.05) is 13.6 Å². The summed E-state index contributed by atoms with van der Waals surface area (Å²) in [6, 6.07) is 6.40.